The smallest absolute Gasteiger partial charge is 0.233 e. The molecule has 108 valence electrons. The van der Waals surface area contributed by atoms with Crippen molar-refractivity contribution in [3.05, 3.63) is 42.5 Å². The summed E-state index contributed by atoms with van der Waals surface area (Å²) in [6.45, 7) is 0.685. The van der Waals surface area contributed by atoms with Crippen LogP contribution in [0.4, 0.5) is 5.69 Å². The molecule has 21 heavy (non-hydrogen) atoms. The van der Waals surface area contributed by atoms with Crippen molar-refractivity contribution in [2.45, 2.75) is 11.7 Å². The van der Waals surface area contributed by atoms with E-state index in [1.807, 2.05) is 42.5 Å². The van der Waals surface area contributed by atoms with Gasteiger partial charge in [-0.1, -0.05) is 36.4 Å². The van der Waals surface area contributed by atoms with Crippen LogP contribution in [0.1, 0.15) is 6.42 Å². The van der Waals surface area contributed by atoms with Gasteiger partial charge < -0.3 is 10.6 Å². The Morgan fingerprint density at radius 2 is 2.05 bits per heavy atom. The summed E-state index contributed by atoms with van der Waals surface area (Å²) in [5.74, 6) is 0.693. The van der Waals surface area contributed by atoms with Gasteiger partial charge in [0, 0.05) is 29.8 Å². The van der Waals surface area contributed by atoms with Crippen molar-refractivity contribution in [3.63, 3.8) is 0 Å². The van der Waals surface area contributed by atoms with Gasteiger partial charge >= 0.3 is 0 Å². The van der Waals surface area contributed by atoms with Crippen LogP contribution < -0.4 is 10.6 Å². The summed E-state index contributed by atoms with van der Waals surface area (Å²) < 4.78 is 0. The van der Waals surface area contributed by atoms with E-state index in [0.717, 1.165) is 22.2 Å². The summed E-state index contributed by atoms with van der Waals surface area (Å²) >= 11 is 1.54. The van der Waals surface area contributed by atoms with Gasteiger partial charge in [-0.15, -0.1) is 11.8 Å². The van der Waals surface area contributed by atoms with E-state index >= 15 is 0 Å². The second kappa shape index (κ2) is 6.18. The second-order valence-corrected chi connectivity index (χ2v) is 6.24. The lowest BCUT2D eigenvalue weighted by molar-refractivity contribution is -0.123. The van der Waals surface area contributed by atoms with Crippen molar-refractivity contribution in [3.8, 4) is 0 Å². The first-order valence-electron chi connectivity index (χ1n) is 6.91. The zero-order valence-corrected chi connectivity index (χ0v) is 12.3. The summed E-state index contributed by atoms with van der Waals surface area (Å²) in [6, 6.07) is 13.7. The number of hydrogen-bond donors (Lipinski definition) is 2. The van der Waals surface area contributed by atoms with Crippen LogP contribution in [0, 0.1) is 0 Å². The Kier molecular flexibility index (Phi) is 4.10. The molecule has 0 spiro atoms. The van der Waals surface area contributed by atoms with Crippen molar-refractivity contribution in [2.75, 3.05) is 17.6 Å². The number of nitrogens with one attached hydrogen (secondary N) is 2. The highest BCUT2D eigenvalue weighted by molar-refractivity contribution is 8.00. The summed E-state index contributed by atoms with van der Waals surface area (Å²) in [6.07, 6.45) is 0.208. The Bertz CT molecular complexity index is 682. The van der Waals surface area contributed by atoms with Gasteiger partial charge in [0.2, 0.25) is 11.8 Å². The standard InChI is InChI=1S/C16H16N2O2S/c19-15(10-14-16(20)17-8-9-21-14)18-13-7-3-5-11-4-1-2-6-12(11)13/h1-7,14H,8-10H2,(H,17,20)(H,18,19). The van der Waals surface area contributed by atoms with E-state index in [-0.39, 0.29) is 23.5 Å². The quantitative estimate of drug-likeness (QED) is 0.915. The third kappa shape index (κ3) is 3.19. The number of benzene rings is 2. The molecule has 1 atom stereocenters. The molecule has 1 heterocycles. The van der Waals surface area contributed by atoms with Gasteiger partial charge in [-0.25, -0.2) is 0 Å². The molecule has 1 fully saturated rings. The maximum atomic E-state index is 12.2. The Morgan fingerprint density at radius 3 is 2.90 bits per heavy atom. The van der Waals surface area contributed by atoms with Crippen molar-refractivity contribution in [2.24, 2.45) is 0 Å². The maximum Gasteiger partial charge on any atom is 0.233 e. The highest BCUT2D eigenvalue weighted by atomic mass is 32.2. The molecule has 1 saturated heterocycles. The van der Waals surface area contributed by atoms with E-state index in [1.54, 1.807) is 11.8 Å². The number of anilines is 1. The molecule has 1 aliphatic heterocycles. The van der Waals surface area contributed by atoms with Gasteiger partial charge in [-0.3, -0.25) is 9.59 Å². The van der Waals surface area contributed by atoms with Crippen LogP contribution in [0.5, 0.6) is 0 Å². The fourth-order valence-corrected chi connectivity index (χ4v) is 3.43. The van der Waals surface area contributed by atoms with Gasteiger partial charge in [0.25, 0.3) is 0 Å². The van der Waals surface area contributed by atoms with Crippen LogP contribution in [0.15, 0.2) is 42.5 Å². The normalized spacial score (nSPS) is 18.3. The lowest BCUT2D eigenvalue weighted by atomic mass is 10.1. The van der Waals surface area contributed by atoms with E-state index in [1.165, 1.54) is 0 Å². The van der Waals surface area contributed by atoms with Crippen molar-refractivity contribution in [1.82, 2.24) is 5.32 Å². The molecule has 2 amide bonds. The lowest BCUT2D eigenvalue weighted by Gasteiger charge is -2.21. The molecule has 2 aromatic rings. The average molecular weight is 300 g/mol. The van der Waals surface area contributed by atoms with Crippen molar-refractivity contribution in [1.29, 1.82) is 0 Å². The summed E-state index contributed by atoms with van der Waals surface area (Å²) in [5.41, 5.74) is 0.791. The molecular formula is C16H16N2O2S. The first-order valence-corrected chi connectivity index (χ1v) is 7.96. The van der Waals surface area contributed by atoms with Gasteiger partial charge in [-0.2, -0.15) is 0 Å². The molecule has 0 radical (unpaired) electrons. The maximum absolute atomic E-state index is 12.2. The number of hydrogen-bond acceptors (Lipinski definition) is 3. The molecule has 1 aliphatic rings. The van der Waals surface area contributed by atoms with E-state index in [4.69, 9.17) is 0 Å². The number of fused-ring (bicyclic) bond motifs is 1. The fourth-order valence-electron chi connectivity index (χ4n) is 2.42. The average Bonchev–Trinajstić information content (AvgIpc) is 2.50. The topological polar surface area (TPSA) is 58.2 Å². The molecule has 3 rings (SSSR count). The van der Waals surface area contributed by atoms with Gasteiger partial charge in [-0.05, 0) is 11.5 Å². The number of carbonyl (C=O) groups excluding carboxylic acids is 2. The highest BCUT2D eigenvalue weighted by Crippen LogP contribution is 2.24. The van der Waals surface area contributed by atoms with Gasteiger partial charge in [0.15, 0.2) is 0 Å². The fraction of sp³-hybridized carbons (Fsp3) is 0.250. The molecule has 2 N–H and O–H groups in total. The number of rotatable bonds is 3. The molecule has 5 heteroatoms. The molecular weight excluding hydrogens is 284 g/mol. The van der Waals surface area contributed by atoms with Crippen molar-refractivity contribution < 1.29 is 9.59 Å². The number of carbonyl (C=O) groups is 2. The molecule has 0 saturated carbocycles. The monoisotopic (exact) mass is 300 g/mol. The van der Waals surface area contributed by atoms with E-state index in [2.05, 4.69) is 10.6 Å². The summed E-state index contributed by atoms with van der Waals surface area (Å²) in [5, 5.41) is 7.52. The molecule has 0 aromatic heterocycles. The van der Waals surface area contributed by atoms with E-state index < -0.39 is 0 Å². The van der Waals surface area contributed by atoms with Crippen LogP contribution in [0.3, 0.4) is 0 Å². The summed E-state index contributed by atoms with van der Waals surface area (Å²) in [7, 11) is 0. The first-order chi connectivity index (χ1) is 10.2. The molecule has 0 bridgehead atoms. The minimum atomic E-state index is -0.284. The molecule has 2 aromatic carbocycles. The van der Waals surface area contributed by atoms with Crippen LogP contribution in [-0.4, -0.2) is 29.4 Å². The van der Waals surface area contributed by atoms with E-state index in [9.17, 15) is 9.59 Å². The molecule has 4 nitrogen and oxygen atoms in total. The third-order valence-electron chi connectivity index (χ3n) is 3.45. The Morgan fingerprint density at radius 1 is 1.24 bits per heavy atom. The Balaban J connectivity index is 1.73. The van der Waals surface area contributed by atoms with Gasteiger partial charge in [0.05, 0.1) is 5.25 Å². The highest BCUT2D eigenvalue weighted by Gasteiger charge is 2.25. The van der Waals surface area contributed by atoms with E-state index in [0.29, 0.717) is 6.54 Å². The first kappa shape index (κ1) is 13.9. The predicted octanol–water partition coefficient (Wildman–Crippen LogP) is 2.40. The minimum Gasteiger partial charge on any atom is -0.354 e. The van der Waals surface area contributed by atoms with Crippen LogP contribution in [0.25, 0.3) is 10.8 Å². The van der Waals surface area contributed by atoms with Crippen LogP contribution >= 0.6 is 11.8 Å². The number of amides is 2. The zero-order chi connectivity index (χ0) is 14.7. The molecule has 0 aliphatic carbocycles. The van der Waals surface area contributed by atoms with Crippen LogP contribution in [0.2, 0.25) is 0 Å². The third-order valence-corrected chi connectivity index (χ3v) is 4.67. The van der Waals surface area contributed by atoms with Crippen molar-refractivity contribution >= 4 is 40.0 Å². The Labute approximate surface area is 127 Å². The SMILES string of the molecule is O=C(CC1SCCNC1=O)Nc1cccc2ccccc12. The minimum absolute atomic E-state index is 0.0423. The second-order valence-electron chi connectivity index (χ2n) is 4.93. The van der Waals surface area contributed by atoms with Gasteiger partial charge in [0.1, 0.15) is 0 Å². The largest absolute Gasteiger partial charge is 0.354 e. The van der Waals surface area contributed by atoms with Crippen LogP contribution in [-0.2, 0) is 9.59 Å². The summed E-state index contributed by atoms with van der Waals surface area (Å²) in [4.78, 5) is 23.8. The lowest BCUT2D eigenvalue weighted by Crippen LogP contribution is -2.40. The Hall–Kier alpha value is -2.01. The molecule has 1 unspecified atom stereocenters. The number of thioether (sulfide) groups is 1. The predicted molar refractivity (Wildman–Crippen MR) is 86.5 cm³/mol. The zero-order valence-electron chi connectivity index (χ0n) is 11.5.